The van der Waals surface area contributed by atoms with Gasteiger partial charge in [-0.3, -0.25) is 0 Å². The minimum absolute atomic E-state index is 0.00276. The third kappa shape index (κ3) is 3.62. The van der Waals surface area contributed by atoms with Gasteiger partial charge in [0.15, 0.2) is 9.84 Å². The van der Waals surface area contributed by atoms with Gasteiger partial charge in [0.25, 0.3) is 0 Å². The molecule has 124 valence electrons. The fourth-order valence-corrected chi connectivity index (χ4v) is 6.59. The number of aryl methyl sites for hydroxylation is 1. The Kier molecular flexibility index (Phi) is 5.18. The molecule has 6 nitrogen and oxygen atoms in total. The van der Waals surface area contributed by atoms with E-state index in [9.17, 15) is 16.8 Å². The summed E-state index contributed by atoms with van der Waals surface area (Å²) in [6, 6.07) is 4.06. The van der Waals surface area contributed by atoms with Gasteiger partial charge in [-0.15, -0.1) is 0 Å². The SMILES string of the molecule is Cc1ccc(Cl)cc1S(=O)(=O)N(CCN)[C@H]1CCS(=O)(=O)C1. The lowest BCUT2D eigenvalue weighted by molar-refractivity contribution is 0.347. The second kappa shape index (κ2) is 6.45. The molecule has 22 heavy (non-hydrogen) atoms. The molecule has 0 aliphatic carbocycles. The van der Waals surface area contributed by atoms with Gasteiger partial charge < -0.3 is 5.73 Å². The maximum Gasteiger partial charge on any atom is 0.243 e. The first-order chi connectivity index (χ1) is 10.2. The standard InChI is InChI=1S/C13H19ClN2O4S2/c1-10-2-3-11(14)8-13(10)22(19,20)16(6-5-15)12-4-7-21(17,18)9-12/h2-3,8,12H,4-7,9,15H2,1H3/t12-/m0/s1. The lowest BCUT2D eigenvalue weighted by atomic mass is 10.2. The number of rotatable bonds is 5. The van der Waals surface area contributed by atoms with Gasteiger partial charge in [0.1, 0.15) is 0 Å². The Morgan fingerprint density at radius 2 is 2.09 bits per heavy atom. The molecule has 2 N–H and O–H groups in total. The normalized spacial score (nSPS) is 21.4. The molecule has 0 unspecified atom stereocenters. The van der Waals surface area contributed by atoms with Crippen molar-refractivity contribution in [3.05, 3.63) is 28.8 Å². The molecule has 1 saturated heterocycles. The third-order valence-corrected chi connectivity index (χ3v) is 7.78. The van der Waals surface area contributed by atoms with Crippen molar-refractivity contribution >= 4 is 31.5 Å². The minimum atomic E-state index is -3.85. The van der Waals surface area contributed by atoms with E-state index in [0.717, 1.165) is 0 Å². The van der Waals surface area contributed by atoms with Gasteiger partial charge >= 0.3 is 0 Å². The smallest absolute Gasteiger partial charge is 0.243 e. The zero-order chi connectivity index (χ0) is 16.5. The van der Waals surface area contributed by atoms with Crippen LogP contribution < -0.4 is 5.73 Å². The molecular formula is C13H19ClN2O4S2. The molecule has 0 bridgehead atoms. The van der Waals surface area contributed by atoms with Crippen molar-refractivity contribution in [2.75, 3.05) is 24.6 Å². The highest BCUT2D eigenvalue weighted by Crippen LogP contribution is 2.28. The Morgan fingerprint density at radius 3 is 2.64 bits per heavy atom. The highest BCUT2D eigenvalue weighted by Gasteiger charge is 2.38. The second-order valence-corrected chi connectivity index (χ2v) is 9.90. The molecule has 1 heterocycles. The van der Waals surface area contributed by atoms with E-state index in [-0.39, 0.29) is 29.5 Å². The van der Waals surface area contributed by atoms with E-state index < -0.39 is 25.9 Å². The first-order valence-electron chi connectivity index (χ1n) is 6.86. The number of benzene rings is 1. The van der Waals surface area contributed by atoms with Gasteiger partial charge in [-0.2, -0.15) is 4.31 Å². The second-order valence-electron chi connectivity index (χ2n) is 5.37. The summed E-state index contributed by atoms with van der Waals surface area (Å²) in [6.45, 7) is 1.87. The van der Waals surface area contributed by atoms with Gasteiger partial charge in [0.2, 0.25) is 10.0 Å². The van der Waals surface area contributed by atoms with E-state index in [4.69, 9.17) is 17.3 Å². The van der Waals surface area contributed by atoms with Gasteiger partial charge in [0, 0.05) is 24.2 Å². The summed E-state index contributed by atoms with van der Waals surface area (Å²) in [5.41, 5.74) is 6.09. The van der Waals surface area contributed by atoms with Crippen molar-refractivity contribution in [3.63, 3.8) is 0 Å². The number of hydrogen-bond donors (Lipinski definition) is 1. The Labute approximate surface area is 136 Å². The van der Waals surface area contributed by atoms with Crippen molar-refractivity contribution in [3.8, 4) is 0 Å². The number of halogens is 1. The fraction of sp³-hybridized carbons (Fsp3) is 0.538. The number of sulfone groups is 1. The van der Waals surface area contributed by atoms with Gasteiger partial charge in [-0.05, 0) is 31.0 Å². The molecule has 1 fully saturated rings. The quantitative estimate of drug-likeness (QED) is 0.830. The fourth-order valence-electron chi connectivity index (χ4n) is 2.61. The summed E-state index contributed by atoms with van der Waals surface area (Å²) in [5.74, 6) is -0.158. The summed E-state index contributed by atoms with van der Waals surface area (Å²) in [6.07, 6.45) is 0.293. The van der Waals surface area contributed by atoms with E-state index in [1.807, 2.05) is 0 Å². The number of sulfonamides is 1. The maximum atomic E-state index is 12.9. The monoisotopic (exact) mass is 366 g/mol. The topological polar surface area (TPSA) is 97.5 Å². The van der Waals surface area contributed by atoms with Gasteiger partial charge in [-0.25, -0.2) is 16.8 Å². The Bertz CT molecular complexity index is 762. The summed E-state index contributed by atoms with van der Waals surface area (Å²) in [7, 11) is -7.04. The van der Waals surface area contributed by atoms with Crippen LogP contribution in [0, 0.1) is 6.92 Å². The van der Waals surface area contributed by atoms with E-state index in [1.165, 1.54) is 10.4 Å². The Hall–Kier alpha value is -0.670. The van der Waals surface area contributed by atoms with Crippen LogP contribution in [-0.4, -0.2) is 51.8 Å². The molecule has 1 aromatic rings. The van der Waals surface area contributed by atoms with Gasteiger partial charge in [-0.1, -0.05) is 17.7 Å². The molecule has 1 aliphatic heterocycles. The van der Waals surface area contributed by atoms with Crippen molar-refractivity contribution in [2.24, 2.45) is 5.73 Å². The minimum Gasteiger partial charge on any atom is -0.329 e. The summed E-state index contributed by atoms with van der Waals surface area (Å²) in [4.78, 5) is 0.0951. The van der Waals surface area contributed by atoms with Crippen molar-refractivity contribution in [1.29, 1.82) is 0 Å². The molecule has 9 heteroatoms. The highest BCUT2D eigenvalue weighted by molar-refractivity contribution is 7.92. The van der Waals surface area contributed by atoms with Crippen LogP contribution in [0.15, 0.2) is 23.1 Å². The van der Waals surface area contributed by atoms with E-state index >= 15 is 0 Å². The van der Waals surface area contributed by atoms with E-state index in [0.29, 0.717) is 17.0 Å². The predicted molar refractivity (Wildman–Crippen MR) is 86.2 cm³/mol. The third-order valence-electron chi connectivity index (χ3n) is 3.70. The molecule has 0 saturated carbocycles. The number of hydrogen-bond acceptors (Lipinski definition) is 5. The summed E-state index contributed by atoms with van der Waals surface area (Å²) < 4.78 is 50.3. The first kappa shape index (κ1) is 17.7. The first-order valence-corrected chi connectivity index (χ1v) is 10.5. The molecule has 0 aromatic heterocycles. The highest BCUT2D eigenvalue weighted by atomic mass is 35.5. The molecule has 1 atom stereocenters. The van der Waals surface area contributed by atoms with E-state index in [2.05, 4.69) is 0 Å². The maximum absolute atomic E-state index is 12.9. The summed E-state index contributed by atoms with van der Waals surface area (Å²) in [5, 5.41) is 0.316. The average Bonchev–Trinajstić information content (AvgIpc) is 2.78. The van der Waals surface area contributed by atoms with Crippen LogP contribution >= 0.6 is 11.6 Å². The van der Waals surface area contributed by atoms with Crippen LogP contribution in [0.4, 0.5) is 0 Å². The predicted octanol–water partition coefficient (Wildman–Crippen LogP) is 0.785. The molecule has 0 amide bonds. The Balaban J connectivity index is 2.45. The van der Waals surface area contributed by atoms with Crippen LogP contribution in [0.25, 0.3) is 0 Å². The lowest BCUT2D eigenvalue weighted by Crippen LogP contribution is -2.44. The average molecular weight is 367 g/mol. The van der Waals surface area contributed by atoms with Crippen LogP contribution in [0.1, 0.15) is 12.0 Å². The van der Waals surface area contributed by atoms with Gasteiger partial charge in [0.05, 0.1) is 16.4 Å². The van der Waals surface area contributed by atoms with Crippen LogP contribution in [-0.2, 0) is 19.9 Å². The molecule has 1 aromatic carbocycles. The molecule has 0 spiro atoms. The number of nitrogens with zero attached hydrogens (tertiary/aromatic N) is 1. The molecular weight excluding hydrogens is 348 g/mol. The Morgan fingerprint density at radius 1 is 1.41 bits per heavy atom. The molecule has 0 radical (unpaired) electrons. The van der Waals surface area contributed by atoms with Crippen molar-refractivity contribution in [2.45, 2.75) is 24.3 Å². The lowest BCUT2D eigenvalue weighted by Gasteiger charge is -2.27. The summed E-state index contributed by atoms with van der Waals surface area (Å²) >= 11 is 5.91. The van der Waals surface area contributed by atoms with Crippen LogP contribution in [0.2, 0.25) is 5.02 Å². The molecule has 2 rings (SSSR count). The largest absolute Gasteiger partial charge is 0.329 e. The van der Waals surface area contributed by atoms with E-state index in [1.54, 1.807) is 19.1 Å². The van der Waals surface area contributed by atoms with Crippen molar-refractivity contribution in [1.82, 2.24) is 4.31 Å². The zero-order valence-electron chi connectivity index (χ0n) is 12.2. The van der Waals surface area contributed by atoms with Crippen LogP contribution in [0.5, 0.6) is 0 Å². The molecule has 1 aliphatic rings. The van der Waals surface area contributed by atoms with Crippen LogP contribution in [0.3, 0.4) is 0 Å². The number of nitrogens with two attached hydrogens (primary N) is 1. The van der Waals surface area contributed by atoms with Crippen molar-refractivity contribution < 1.29 is 16.8 Å². The zero-order valence-corrected chi connectivity index (χ0v) is 14.6.